The molecule has 14 heavy (non-hydrogen) atoms. The quantitative estimate of drug-likeness (QED) is 0.719. The van der Waals surface area contributed by atoms with Crippen molar-refractivity contribution in [1.29, 1.82) is 0 Å². The van der Waals surface area contributed by atoms with Gasteiger partial charge in [-0.15, -0.1) is 0 Å². The molecule has 2 aromatic rings. The Morgan fingerprint density at radius 1 is 1.29 bits per heavy atom. The molecule has 1 aromatic carbocycles. The lowest BCUT2D eigenvalue weighted by atomic mass is 10.1. The molecule has 1 heterocycles. The van der Waals surface area contributed by atoms with Gasteiger partial charge in [0.05, 0.1) is 5.69 Å². The van der Waals surface area contributed by atoms with Crippen LogP contribution in [0.1, 0.15) is 11.4 Å². The number of H-pyrrole nitrogens is 1. The molecule has 3 heteroatoms. The summed E-state index contributed by atoms with van der Waals surface area (Å²) in [4.78, 5) is 7.29. The highest BCUT2D eigenvalue weighted by molar-refractivity contribution is 5.70. The summed E-state index contributed by atoms with van der Waals surface area (Å²) >= 11 is 0. The maximum absolute atomic E-state index is 5.78. The van der Waals surface area contributed by atoms with Gasteiger partial charge in [0.15, 0.2) is 0 Å². The minimum absolute atomic E-state index is 0.563. The molecule has 0 fully saturated rings. The van der Waals surface area contributed by atoms with Crippen LogP contribution in [0.3, 0.4) is 0 Å². The van der Waals surface area contributed by atoms with E-state index in [1.165, 1.54) is 5.56 Å². The number of nitrogens with two attached hydrogens (primary N) is 1. The highest BCUT2D eigenvalue weighted by Gasteiger charge is 2.06. The van der Waals surface area contributed by atoms with E-state index in [2.05, 4.69) is 29.0 Å². The normalized spacial score (nSPS) is 10.4. The van der Waals surface area contributed by atoms with E-state index in [1.54, 1.807) is 0 Å². The number of nitrogens with zero attached hydrogens (tertiary/aromatic N) is 1. The average molecular weight is 187 g/mol. The first-order chi connectivity index (χ1) is 6.66. The smallest absolute Gasteiger partial charge is 0.149 e. The molecule has 0 amide bonds. The van der Waals surface area contributed by atoms with E-state index in [1.807, 2.05) is 19.1 Å². The molecule has 2 rings (SSSR count). The number of hydrogen-bond acceptors (Lipinski definition) is 2. The Labute approximate surface area is 83.0 Å². The largest absolute Gasteiger partial charge is 0.382 e. The van der Waals surface area contributed by atoms with Gasteiger partial charge in [-0.3, -0.25) is 0 Å². The Hall–Kier alpha value is -1.77. The van der Waals surface area contributed by atoms with E-state index in [0.29, 0.717) is 5.82 Å². The number of nitrogens with one attached hydrogen (secondary N) is 1. The Kier molecular flexibility index (Phi) is 2.00. The standard InChI is InChI=1S/C11H13N3/c1-7-4-3-5-9(6-7)10-11(12)14-8(2)13-10/h3-6H,12H2,1-2H3,(H,13,14). The van der Waals surface area contributed by atoms with Crippen molar-refractivity contribution in [2.75, 3.05) is 5.73 Å². The number of imidazole rings is 1. The molecule has 3 nitrogen and oxygen atoms in total. The Bertz CT molecular complexity index is 457. The van der Waals surface area contributed by atoms with Crippen molar-refractivity contribution < 1.29 is 0 Å². The number of anilines is 1. The molecule has 0 radical (unpaired) electrons. The second-order valence-corrected chi connectivity index (χ2v) is 3.45. The van der Waals surface area contributed by atoms with Crippen LogP contribution in [-0.4, -0.2) is 9.97 Å². The van der Waals surface area contributed by atoms with Crippen molar-refractivity contribution in [2.45, 2.75) is 13.8 Å². The fourth-order valence-electron chi connectivity index (χ4n) is 1.53. The first kappa shape index (κ1) is 8.81. The molecule has 0 saturated carbocycles. The van der Waals surface area contributed by atoms with E-state index in [-0.39, 0.29) is 0 Å². The number of aromatic nitrogens is 2. The third-order valence-corrected chi connectivity index (χ3v) is 2.16. The van der Waals surface area contributed by atoms with E-state index in [9.17, 15) is 0 Å². The van der Waals surface area contributed by atoms with Crippen LogP contribution in [-0.2, 0) is 0 Å². The fourth-order valence-corrected chi connectivity index (χ4v) is 1.53. The van der Waals surface area contributed by atoms with Crippen LogP contribution >= 0.6 is 0 Å². The van der Waals surface area contributed by atoms with Crippen molar-refractivity contribution in [2.24, 2.45) is 0 Å². The van der Waals surface area contributed by atoms with Crippen molar-refractivity contribution >= 4 is 5.82 Å². The lowest BCUT2D eigenvalue weighted by Gasteiger charge is -2.00. The van der Waals surface area contributed by atoms with Gasteiger partial charge in [0, 0.05) is 5.56 Å². The number of hydrogen-bond donors (Lipinski definition) is 2. The van der Waals surface area contributed by atoms with Gasteiger partial charge in [-0.1, -0.05) is 23.8 Å². The summed E-state index contributed by atoms with van der Waals surface area (Å²) in [5.41, 5.74) is 8.99. The number of aromatic amines is 1. The molecule has 0 aliphatic heterocycles. The molecule has 3 N–H and O–H groups in total. The molecule has 0 saturated heterocycles. The van der Waals surface area contributed by atoms with Crippen molar-refractivity contribution in [3.05, 3.63) is 35.7 Å². The molecule has 0 aliphatic rings. The van der Waals surface area contributed by atoms with E-state index < -0.39 is 0 Å². The summed E-state index contributed by atoms with van der Waals surface area (Å²) in [6.45, 7) is 3.96. The third-order valence-electron chi connectivity index (χ3n) is 2.16. The van der Waals surface area contributed by atoms with Crippen LogP contribution < -0.4 is 5.73 Å². The van der Waals surface area contributed by atoms with Gasteiger partial charge >= 0.3 is 0 Å². The van der Waals surface area contributed by atoms with Gasteiger partial charge in [-0.2, -0.15) is 0 Å². The molecule has 0 spiro atoms. The van der Waals surface area contributed by atoms with Crippen molar-refractivity contribution in [3.8, 4) is 11.3 Å². The van der Waals surface area contributed by atoms with Gasteiger partial charge in [0.25, 0.3) is 0 Å². The minimum atomic E-state index is 0.563. The predicted molar refractivity (Wildman–Crippen MR) is 57.9 cm³/mol. The van der Waals surface area contributed by atoms with Gasteiger partial charge in [-0.05, 0) is 19.9 Å². The monoisotopic (exact) mass is 187 g/mol. The summed E-state index contributed by atoms with van der Waals surface area (Å²) in [6, 6.07) is 8.18. The van der Waals surface area contributed by atoms with Gasteiger partial charge < -0.3 is 10.7 Å². The van der Waals surface area contributed by atoms with E-state index >= 15 is 0 Å². The highest BCUT2D eigenvalue weighted by atomic mass is 15.0. The molecule has 72 valence electrons. The van der Waals surface area contributed by atoms with Crippen molar-refractivity contribution in [1.82, 2.24) is 9.97 Å². The van der Waals surface area contributed by atoms with E-state index in [0.717, 1.165) is 17.1 Å². The Morgan fingerprint density at radius 2 is 2.07 bits per heavy atom. The molecule has 0 atom stereocenters. The van der Waals surface area contributed by atoms with Crippen LogP contribution in [0.4, 0.5) is 5.82 Å². The van der Waals surface area contributed by atoms with Crippen LogP contribution in [0, 0.1) is 13.8 Å². The maximum atomic E-state index is 5.78. The zero-order valence-corrected chi connectivity index (χ0v) is 8.33. The summed E-state index contributed by atoms with van der Waals surface area (Å²) in [7, 11) is 0. The number of aryl methyl sites for hydroxylation is 2. The zero-order chi connectivity index (χ0) is 10.1. The lowest BCUT2D eigenvalue weighted by molar-refractivity contribution is 1.15. The molecule has 0 bridgehead atoms. The highest BCUT2D eigenvalue weighted by Crippen LogP contribution is 2.23. The number of benzene rings is 1. The maximum Gasteiger partial charge on any atom is 0.149 e. The SMILES string of the molecule is Cc1cccc(-c2[nH]c(C)nc2N)c1. The van der Waals surface area contributed by atoms with E-state index in [4.69, 9.17) is 5.73 Å². The van der Waals surface area contributed by atoms with Crippen LogP contribution in [0.2, 0.25) is 0 Å². The predicted octanol–water partition coefficient (Wildman–Crippen LogP) is 2.28. The van der Waals surface area contributed by atoms with Crippen LogP contribution in [0.15, 0.2) is 24.3 Å². The molecule has 0 unspecified atom stereocenters. The molecular weight excluding hydrogens is 174 g/mol. The topological polar surface area (TPSA) is 54.7 Å². The summed E-state index contributed by atoms with van der Waals surface area (Å²) in [5.74, 6) is 1.41. The molecule has 0 aliphatic carbocycles. The van der Waals surface area contributed by atoms with Crippen molar-refractivity contribution in [3.63, 3.8) is 0 Å². The summed E-state index contributed by atoms with van der Waals surface area (Å²) in [5, 5.41) is 0. The van der Waals surface area contributed by atoms with Crippen LogP contribution in [0.25, 0.3) is 11.3 Å². The third kappa shape index (κ3) is 1.48. The van der Waals surface area contributed by atoms with Gasteiger partial charge in [-0.25, -0.2) is 4.98 Å². The van der Waals surface area contributed by atoms with Crippen LogP contribution in [0.5, 0.6) is 0 Å². The minimum Gasteiger partial charge on any atom is -0.382 e. The fraction of sp³-hybridized carbons (Fsp3) is 0.182. The van der Waals surface area contributed by atoms with Gasteiger partial charge in [0.2, 0.25) is 0 Å². The first-order valence-electron chi connectivity index (χ1n) is 4.56. The number of rotatable bonds is 1. The average Bonchev–Trinajstić information content (AvgIpc) is 2.45. The Morgan fingerprint density at radius 3 is 2.64 bits per heavy atom. The summed E-state index contributed by atoms with van der Waals surface area (Å²) < 4.78 is 0. The van der Waals surface area contributed by atoms with Gasteiger partial charge in [0.1, 0.15) is 11.6 Å². The lowest BCUT2D eigenvalue weighted by Crippen LogP contribution is -1.88. The molecular formula is C11H13N3. The second kappa shape index (κ2) is 3.18. The zero-order valence-electron chi connectivity index (χ0n) is 8.33. The Balaban J connectivity index is 2.54. The number of nitrogen functional groups attached to an aromatic ring is 1. The first-order valence-corrected chi connectivity index (χ1v) is 4.56. The second-order valence-electron chi connectivity index (χ2n) is 3.45. The molecule has 1 aromatic heterocycles. The summed E-state index contributed by atoms with van der Waals surface area (Å²) in [6.07, 6.45) is 0.